The molecule has 0 atom stereocenters. The van der Waals surface area contributed by atoms with Gasteiger partial charge in [0.15, 0.2) is 5.82 Å². The molecule has 0 unspecified atom stereocenters. The standard InChI is InChI=1S/C14H8F4N2/c15-10-5-2-6-11-12(10)20-13(19-11)8-3-1-4-9(7-8)14(16,17)18/h1-7H,(H,19,20). The first-order valence-corrected chi connectivity index (χ1v) is 5.77. The molecular formula is C14H8F4N2. The predicted molar refractivity (Wildman–Crippen MR) is 66.5 cm³/mol. The molecule has 0 aliphatic heterocycles. The zero-order chi connectivity index (χ0) is 14.3. The summed E-state index contributed by atoms with van der Waals surface area (Å²) in [5, 5.41) is 0. The van der Waals surface area contributed by atoms with E-state index in [-0.39, 0.29) is 16.9 Å². The van der Waals surface area contributed by atoms with E-state index in [2.05, 4.69) is 9.97 Å². The van der Waals surface area contributed by atoms with Crippen molar-refractivity contribution in [2.24, 2.45) is 0 Å². The fraction of sp³-hybridized carbons (Fsp3) is 0.0714. The summed E-state index contributed by atoms with van der Waals surface area (Å²) in [5.74, 6) is -0.312. The molecule has 1 N–H and O–H groups in total. The van der Waals surface area contributed by atoms with Gasteiger partial charge in [-0.2, -0.15) is 13.2 Å². The first-order chi connectivity index (χ1) is 9.45. The summed E-state index contributed by atoms with van der Waals surface area (Å²) in [6.45, 7) is 0. The number of nitrogens with one attached hydrogen (secondary N) is 1. The number of fused-ring (bicyclic) bond motifs is 1. The third-order valence-corrected chi connectivity index (χ3v) is 2.93. The topological polar surface area (TPSA) is 28.7 Å². The molecule has 0 bridgehead atoms. The molecule has 0 saturated carbocycles. The van der Waals surface area contributed by atoms with Crippen molar-refractivity contribution >= 4 is 11.0 Å². The number of hydrogen-bond acceptors (Lipinski definition) is 1. The minimum absolute atomic E-state index is 0.111. The van der Waals surface area contributed by atoms with Gasteiger partial charge in [-0.1, -0.05) is 18.2 Å². The number of nitrogens with zero attached hydrogens (tertiary/aromatic N) is 1. The van der Waals surface area contributed by atoms with E-state index in [1.165, 1.54) is 24.3 Å². The minimum Gasteiger partial charge on any atom is -0.338 e. The van der Waals surface area contributed by atoms with E-state index in [4.69, 9.17) is 0 Å². The third kappa shape index (κ3) is 2.13. The first-order valence-electron chi connectivity index (χ1n) is 5.77. The number of aromatic nitrogens is 2. The molecule has 2 aromatic carbocycles. The van der Waals surface area contributed by atoms with Gasteiger partial charge in [0, 0.05) is 5.56 Å². The summed E-state index contributed by atoms with van der Waals surface area (Å²) < 4.78 is 51.5. The summed E-state index contributed by atoms with van der Waals surface area (Å²) >= 11 is 0. The Kier molecular flexibility index (Phi) is 2.74. The van der Waals surface area contributed by atoms with Crippen molar-refractivity contribution in [3.05, 3.63) is 53.8 Å². The molecule has 3 rings (SSSR count). The normalized spacial score (nSPS) is 12.0. The number of rotatable bonds is 1. The van der Waals surface area contributed by atoms with Crippen molar-refractivity contribution in [3.63, 3.8) is 0 Å². The number of para-hydroxylation sites is 1. The van der Waals surface area contributed by atoms with Crippen LogP contribution < -0.4 is 0 Å². The SMILES string of the molecule is Fc1cccc2[nH]c(-c3cccc(C(F)(F)F)c3)nc12. The maximum Gasteiger partial charge on any atom is 0.416 e. The second kappa shape index (κ2) is 4.33. The van der Waals surface area contributed by atoms with Crippen molar-refractivity contribution in [3.8, 4) is 11.4 Å². The highest BCUT2D eigenvalue weighted by atomic mass is 19.4. The molecule has 0 radical (unpaired) electrons. The highest BCUT2D eigenvalue weighted by molar-refractivity contribution is 5.79. The lowest BCUT2D eigenvalue weighted by Gasteiger charge is -2.07. The fourth-order valence-electron chi connectivity index (χ4n) is 1.98. The van der Waals surface area contributed by atoms with Crippen LogP contribution in [0.25, 0.3) is 22.4 Å². The Hall–Kier alpha value is -2.37. The van der Waals surface area contributed by atoms with E-state index in [1.807, 2.05) is 0 Å². The number of benzene rings is 2. The maximum atomic E-state index is 13.5. The highest BCUT2D eigenvalue weighted by Crippen LogP contribution is 2.32. The molecule has 1 aromatic heterocycles. The number of aromatic amines is 1. The zero-order valence-electron chi connectivity index (χ0n) is 10.0. The van der Waals surface area contributed by atoms with E-state index in [0.717, 1.165) is 12.1 Å². The zero-order valence-corrected chi connectivity index (χ0v) is 10.0. The van der Waals surface area contributed by atoms with E-state index >= 15 is 0 Å². The number of halogens is 4. The summed E-state index contributed by atoms with van der Waals surface area (Å²) in [6.07, 6.45) is -4.42. The lowest BCUT2D eigenvalue weighted by Crippen LogP contribution is -2.04. The van der Waals surface area contributed by atoms with E-state index in [9.17, 15) is 17.6 Å². The quantitative estimate of drug-likeness (QED) is 0.658. The molecule has 0 aliphatic carbocycles. The second-order valence-corrected chi connectivity index (χ2v) is 4.30. The number of H-pyrrole nitrogens is 1. The van der Waals surface area contributed by atoms with Crippen molar-refractivity contribution in [2.75, 3.05) is 0 Å². The molecule has 2 nitrogen and oxygen atoms in total. The van der Waals surface area contributed by atoms with Crippen LogP contribution in [0.3, 0.4) is 0 Å². The second-order valence-electron chi connectivity index (χ2n) is 4.30. The Morgan fingerprint density at radius 1 is 1.00 bits per heavy atom. The van der Waals surface area contributed by atoms with Crippen LogP contribution in [0.5, 0.6) is 0 Å². The van der Waals surface area contributed by atoms with Crippen LogP contribution in [-0.4, -0.2) is 9.97 Å². The predicted octanol–water partition coefficient (Wildman–Crippen LogP) is 4.39. The van der Waals surface area contributed by atoms with Gasteiger partial charge in [-0.25, -0.2) is 9.37 Å². The van der Waals surface area contributed by atoms with Gasteiger partial charge < -0.3 is 4.98 Å². The Labute approximate surface area is 111 Å². The molecule has 6 heteroatoms. The van der Waals surface area contributed by atoms with Gasteiger partial charge >= 0.3 is 6.18 Å². The Morgan fingerprint density at radius 3 is 2.45 bits per heavy atom. The van der Waals surface area contributed by atoms with Crippen LogP contribution in [0.15, 0.2) is 42.5 Å². The lowest BCUT2D eigenvalue weighted by molar-refractivity contribution is -0.137. The van der Waals surface area contributed by atoms with Crippen LogP contribution >= 0.6 is 0 Å². The average Bonchev–Trinajstić information content (AvgIpc) is 2.83. The molecule has 0 spiro atoms. The van der Waals surface area contributed by atoms with Gasteiger partial charge in [0.05, 0.1) is 11.1 Å². The largest absolute Gasteiger partial charge is 0.416 e. The van der Waals surface area contributed by atoms with Gasteiger partial charge in [-0.05, 0) is 24.3 Å². The summed E-state index contributed by atoms with van der Waals surface area (Å²) in [6, 6.07) is 9.11. The monoisotopic (exact) mass is 280 g/mol. The summed E-state index contributed by atoms with van der Waals surface area (Å²) in [5.41, 5.74) is 0.0451. The van der Waals surface area contributed by atoms with Gasteiger partial charge in [0.25, 0.3) is 0 Å². The Balaban J connectivity index is 2.14. The molecule has 0 saturated heterocycles. The van der Waals surface area contributed by atoms with Gasteiger partial charge in [0.2, 0.25) is 0 Å². The maximum absolute atomic E-state index is 13.5. The van der Waals surface area contributed by atoms with Crippen LogP contribution in [0.1, 0.15) is 5.56 Å². The number of imidazole rings is 1. The van der Waals surface area contributed by atoms with Gasteiger partial charge in [-0.3, -0.25) is 0 Å². The van der Waals surface area contributed by atoms with Crippen LogP contribution in [0.4, 0.5) is 17.6 Å². The van der Waals surface area contributed by atoms with Crippen LogP contribution in [0, 0.1) is 5.82 Å². The van der Waals surface area contributed by atoms with E-state index in [1.54, 1.807) is 6.07 Å². The molecule has 1 heterocycles. The summed E-state index contributed by atoms with van der Waals surface area (Å²) in [4.78, 5) is 6.82. The van der Waals surface area contributed by atoms with Crippen molar-refractivity contribution in [2.45, 2.75) is 6.18 Å². The van der Waals surface area contributed by atoms with Gasteiger partial charge in [0.1, 0.15) is 11.3 Å². The van der Waals surface area contributed by atoms with E-state index in [0.29, 0.717) is 5.52 Å². The third-order valence-electron chi connectivity index (χ3n) is 2.93. The minimum atomic E-state index is -4.42. The van der Waals surface area contributed by atoms with Crippen molar-refractivity contribution in [1.29, 1.82) is 0 Å². The molecule has 102 valence electrons. The first kappa shape index (κ1) is 12.7. The molecular weight excluding hydrogens is 272 g/mol. The van der Waals surface area contributed by atoms with Crippen molar-refractivity contribution < 1.29 is 17.6 Å². The molecule has 0 fully saturated rings. The molecule has 0 amide bonds. The number of hydrogen-bond donors (Lipinski definition) is 1. The van der Waals surface area contributed by atoms with E-state index < -0.39 is 17.6 Å². The number of alkyl halides is 3. The van der Waals surface area contributed by atoms with Gasteiger partial charge in [-0.15, -0.1) is 0 Å². The Morgan fingerprint density at radius 2 is 1.75 bits per heavy atom. The smallest absolute Gasteiger partial charge is 0.338 e. The molecule has 20 heavy (non-hydrogen) atoms. The highest BCUT2D eigenvalue weighted by Gasteiger charge is 2.30. The summed E-state index contributed by atoms with van der Waals surface area (Å²) in [7, 11) is 0. The fourth-order valence-corrected chi connectivity index (χ4v) is 1.98. The average molecular weight is 280 g/mol. The van der Waals surface area contributed by atoms with Crippen LogP contribution in [0.2, 0.25) is 0 Å². The molecule has 3 aromatic rings. The molecule has 0 aliphatic rings. The van der Waals surface area contributed by atoms with Crippen LogP contribution in [-0.2, 0) is 6.18 Å². The Bertz CT molecular complexity index is 774. The van der Waals surface area contributed by atoms with Crippen molar-refractivity contribution in [1.82, 2.24) is 9.97 Å². The lowest BCUT2D eigenvalue weighted by atomic mass is 10.1.